The maximum Gasteiger partial charge on any atom is 0.251 e. The van der Waals surface area contributed by atoms with E-state index >= 15 is 0 Å². The van der Waals surface area contributed by atoms with Gasteiger partial charge in [0.05, 0.1) is 8.95 Å². The molecule has 0 aromatic heterocycles. The molecule has 1 atom stereocenters. The van der Waals surface area contributed by atoms with Crippen molar-refractivity contribution < 1.29 is 9.90 Å². The number of carbonyl (C=O) groups excluding carboxylic acids is 1. The minimum absolute atomic E-state index is 0.101. The van der Waals surface area contributed by atoms with Crippen LogP contribution < -0.4 is 5.32 Å². The van der Waals surface area contributed by atoms with Gasteiger partial charge in [-0.2, -0.15) is 0 Å². The molecule has 0 radical (unpaired) electrons. The number of phenols is 1. The van der Waals surface area contributed by atoms with Crippen molar-refractivity contribution in [3.05, 3.63) is 63.2 Å². The van der Waals surface area contributed by atoms with Crippen molar-refractivity contribution in [3.8, 4) is 5.75 Å². The molecule has 3 nitrogen and oxygen atoms in total. The lowest BCUT2D eigenvalue weighted by molar-refractivity contribution is 0.0953. The van der Waals surface area contributed by atoms with Crippen LogP contribution in [0.1, 0.15) is 21.3 Å². The van der Waals surface area contributed by atoms with Crippen LogP contribution in [0.15, 0.2) is 48.5 Å². The fourth-order valence-corrected chi connectivity index (χ4v) is 2.28. The Bertz CT molecular complexity index is 604. The number of phenolic OH excluding ortho intramolecular Hbond substituents is 1. The van der Waals surface area contributed by atoms with Gasteiger partial charge in [-0.05, 0) is 46.4 Å². The van der Waals surface area contributed by atoms with Gasteiger partial charge in [0.15, 0.2) is 0 Å². The second-order valence-electron chi connectivity index (χ2n) is 4.25. The molecule has 0 aliphatic carbocycles. The number of benzene rings is 2. The highest BCUT2D eigenvalue weighted by atomic mass is 127. The molecule has 0 fully saturated rings. The van der Waals surface area contributed by atoms with E-state index in [1.807, 2.05) is 52.9 Å². The Morgan fingerprint density at radius 3 is 2.60 bits per heavy atom. The van der Waals surface area contributed by atoms with Crippen LogP contribution in [0.3, 0.4) is 0 Å². The highest BCUT2D eigenvalue weighted by Gasteiger charge is 2.12. The topological polar surface area (TPSA) is 49.3 Å². The van der Waals surface area contributed by atoms with E-state index in [1.165, 1.54) is 6.07 Å². The van der Waals surface area contributed by atoms with Crippen LogP contribution >= 0.6 is 34.2 Å². The van der Waals surface area contributed by atoms with Crippen LogP contribution in [0.4, 0.5) is 0 Å². The fraction of sp³-hybridized carbons (Fsp3) is 0.133. The van der Waals surface area contributed by atoms with Crippen LogP contribution in [0.2, 0.25) is 0 Å². The van der Waals surface area contributed by atoms with Gasteiger partial charge in [-0.1, -0.05) is 30.3 Å². The first-order valence-corrected chi connectivity index (χ1v) is 7.55. The summed E-state index contributed by atoms with van der Waals surface area (Å²) in [6, 6.07) is 14.4. The Kier molecular flexibility index (Phi) is 5.25. The molecule has 2 aromatic rings. The minimum atomic E-state index is -0.280. The minimum Gasteiger partial charge on any atom is -0.507 e. The van der Waals surface area contributed by atoms with Crippen molar-refractivity contribution in [2.24, 2.45) is 0 Å². The van der Waals surface area contributed by atoms with E-state index in [-0.39, 0.29) is 17.0 Å². The Morgan fingerprint density at radius 2 is 1.95 bits per heavy atom. The third-order valence-electron chi connectivity index (χ3n) is 2.81. The summed E-state index contributed by atoms with van der Waals surface area (Å²) in [5.41, 5.74) is 1.37. The molecular formula is C15H13ClINO2. The van der Waals surface area contributed by atoms with Crippen molar-refractivity contribution in [1.82, 2.24) is 5.32 Å². The van der Waals surface area contributed by atoms with Gasteiger partial charge in [-0.3, -0.25) is 4.79 Å². The van der Waals surface area contributed by atoms with Gasteiger partial charge in [0.1, 0.15) is 5.75 Å². The summed E-state index contributed by atoms with van der Waals surface area (Å²) in [7, 11) is 0. The summed E-state index contributed by atoms with van der Waals surface area (Å²) in [5, 5.41) is 12.1. The molecule has 0 heterocycles. The molecule has 0 aliphatic rings. The van der Waals surface area contributed by atoms with Crippen LogP contribution in [-0.4, -0.2) is 17.6 Å². The number of halogens is 2. The largest absolute Gasteiger partial charge is 0.507 e. The summed E-state index contributed by atoms with van der Waals surface area (Å²) < 4.78 is 0.707. The monoisotopic (exact) mass is 401 g/mol. The van der Waals surface area contributed by atoms with Crippen molar-refractivity contribution in [2.75, 3.05) is 6.54 Å². The van der Waals surface area contributed by atoms with Crippen molar-refractivity contribution in [2.45, 2.75) is 5.38 Å². The molecule has 2 rings (SSSR count). The Hall–Kier alpha value is -1.27. The van der Waals surface area contributed by atoms with E-state index in [9.17, 15) is 9.90 Å². The summed E-state index contributed by atoms with van der Waals surface area (Å²) >= 11 is 8.23. The highest BCUT2D eigenvalue weighted by Crippen LogP contribution is 2.21. The van der Waals surface area contributed by atoms with E-state index in [4.69, 9.17) is 11.6 Å². The number of amides is 1. The summed E-state index contributed by atoms with van der Waals surface area (Å²) in [5.74, 6) is -0.151. The maximum atomic E-state index is 12.0. The van der Waals surface area contributed by atoms with Gasteiger partial charge in [-0.25, -0.2) is 0 Å². The molecule has 1 amide bonds. The van der Waals surface area contributed by atoms with Crippen LogP contribution in [0.25, 0.3) is 0 Å². The second kappa shape index (κ2) is 6.95. The molecule has 104 valence electrons. The first-order valence-electron chi connectivity index (χ1n) is 6.03. The standard InChI is InChI=1S/C15H13ClINO2/c16-12(10-4-2-1-3-5-10)9-18-15(20)11-6-7-13(17)14(19)8-11/h1-8,12,19H,9H2,(H,18,20). The molecular weight excluding hydrogens is 389 g/mol. The Balaban J connectivity index is 1.97. The normalized spacial score (nSPS) is 11.9. The van der Waals surface area contributed by atoms with E-state index in [1.54, 1.807) is 12.1 Å². The molecule has 0 bridgehead atoms. The zero-order valence-corrected chi connectivity index (χ0v) is 13.4. The predicted molar refractivity (Wildman–Crippen MR) is 88.2 cm³/mol. The average molecular weight is 402 g/mol. The third kappa shape index (κ3) is 3.86. The fourth-order valence-electron chi connectivity index (χ4n) is 1.72. The van der Waals surface area contributed by atoms with E-state index < -0.39 is 0 Å². The summed E-state index contributed by atoms with van der Waals surface area (Å²) in [6.07, 6.45) is 0. The van der Waals surface area contributed by atoms with E-state index in [2.05, 4.69) is 5.32 Å². The molecule has 0 aliphatic heterocycles. The second-order valence-corrected chi connectivity index (χ2v) is 5.94. The predicted octanol–water partition coefficient (Wildman–Crippen LogP) is 3.71. The highest BCUT2D eigenvalue weighted by molar-refractivity contribution is 14.1. The number of alkyl halides is 1. The van der Waals surface area contributed by atoms with Gasteiger partial charge in [0.2, 0.25) is 0 Å². The molecule has 5 heteroatoms. The first-order chi connectivity index (χ1) is 9.58. The average Bonchev–Trinajstić information content (AvgIpc) is 2.48. The Morgan fingerprint density at radius 1 is 1.25 bits per heavy atom. The molecule has 0 spiro atoms. The molecule has 1 unspecified atom stereocenters. The smallest absolute Gasteiger partial charge is 0.251 e. The number of carbonyl (C=O) groups is 1. The number of hydrogen-bond donors (Lipinski definition) is 2. The summed E-state index contributed by atoms with van der Waals surface area (Å²) in [4.78, 5) is 12.0. The van der Waals surface area contributed by atoms with Gasteiger partial charge in [0.25, 0.3) is 5.91 Å². The lowest BCUT2D eigenvalue weighted by Gasteiger charge is -2.11. The maximum absolute atomic E-state index is 12.0. The van der Waals surface area contributed by atoms with Gasteiger partial charge in [0, 0.05) is 12.1 Å². The van der Waals surface area contributed by atoms with Crippen molar-refractivity contribution >= 4 is 40.1 Å². The van der Waals surface area contributed by atoms with Gasteiger partial charge >= 0.3 is 0 Å². The zero-order chi connectivity index (χ0) is 14.5. The lowest BCUT2D eigenvalue weighted by Crippen LogP contribution is -2.26. The third-order valence-corrected chi connectivity index (χ3v) is 4.13. The molecule has 2 N–H and O–H groups in total. The van der Waals surface area contributed by atoms with E-state index in [0.717, 1.165) is 5.56 Å². The molecule has 0 saturated heterocycles. The number of hydrogen-bond acceptors (Lipinski definition) is 2. The molecule has 0 saturated carbocycles. The summed E-state index contributed by atoms with van der Waals surface area (Å²) in [6.45, 7) is 0.331. The zero-order valence-electron chi connectivity index (χ0n) is 10.5. The number of nitrogens with one attached hydrogen (secondary N) is 1. The Labute approximate surface area is 136 Å². The molecule has 2 aromatic carbocycles. The van der Waals surface area contributed by atoms with Crippen LogP contribution in [-0.2, 0) is 0 Å². The van der Waals surface area contributed by atoms with E-state index in [0.29, 0.717) is 15.7 Å². The number of rotatable bonds is 4. The van der Waals surface area contributed by atoms with Crippen molar-refractivity contribution in [3.63, 3.8) is 0 Å². The molecule has 20 heavy (non-hydrogen) atoms. The van der Waals surface area contributed by atoms with Crippen LogP contribution in [0, 0.1) is 3.57 Å². The van der Waals surface area contributed by atoms with Crippen LogP contribution in [0.5, 0.6) is 5.75 Å². The lowest BCUT2D eigenvalue weighted by atomic mass is 10.1. The quantitative estimate of drug-likeness (QED) is 0.606. The van der Waals surface area contributed by atoms with Gasteiger partial charge in [-0.15, -0.1) is 11.6 Å². The SMILES string of the molecule is O=C(NCC(Cl)c1ccccc1)c1ccc(I)c(O)c1. The number of aromatic hydroxyl groups is 1. The first kappa shape index (κ1) is 15.1. The van der Waals surface area contributed by atoms with Crippen molar-refractivity contribution in [1.29, 1.82) is 0 Å². The van der Waals surface area contributed by atoms with Gasteiger partial charge < -0.3 is 10.4 Å².